The van der Waals surface area contributed by atoms with Crippen molar-refractivity contribution < 1.29 is 38.6 Å². The summed E-state index contributed by atoms with van der Waals surface area (Å²) in [5.74, 6) is -2.61. The Balaban J connectivity index is 3.49. The van der Waals surface area contributed by atoms with Gasteiger partial charge in [0.05, 0.1) is 19.4 Å². The van der Waals surface area contributed by atoms with Crippen LogP contribution in [0.5, 0.6) is 5.75 Å². The molecule has 0 radical (unpaired) electrons. The number of ether oxygens (including phenoxy) is 2. The van der Waals surface area contributed by atoms with E-state index in [1.807, 2.05) is 6.92 Å². The molecule has 0 aliphatic heterocycles. The van der Waals surface area contributed by atoms with E-state index >= 15 is 0 Å². The summed E-state index contributed by atoms with van der Waals surface area (Å²) in [4.78, 5) is 65.1. The Morgan fingerprint density at radius 3 is 2.33 bits per heavy atom. The fourth-order valence-electron chi connectivity index (χ4n) is 3.89. The van der Waals surface area contributed by atoms with Crippen molar-refractivity contribution in [3.63, 3.8) is 0 Å². The van der Waals surface area contributed by atoms with Crippen molar-refractivity contribution in [2.75, 3.05) is 19.7 Å². The summed E-state index contributed by atoms with van der Waals surface area (Å²) in [7, 11) is 0. The zero-order valence-corrected chi connectivity index (χ0v) is 24.4. The number of aryl methyl sites for hydroxylation is 1. The highest BCUT2D eigenvalue weighted by Crippen LogP contribution is 2.28. The van der Waals surface area contributed by atoms with Gasteiger partial charge in [-0.2, -0.15) is 0 Å². The lowest BCUT2D eigenvalue weighted by Crippen LogP contribution is -2.54. The molecule has 40 heavy (non-hydrogen) atoms. The van der Waals surface area contributed by atoms with Gasteiger partial charge in [-0.3, -0.25) is 19.2 Å². The van der Waals surface area contributed by atoms with Crippen molar-refractivity contribution in [3.8, 4) is 5.75 Å². The number of nitrogens with zero attached hydrogens (tertiary/aromatic N) is 1. The molecular formula is C28H44N4O8. The number of rotatable bonds is 15. The maximum absolute atomic E-state index is 14.0. The number of phenols is 1. The molecule has 0 fully saturated rings. The average molecular weight is 565 g/mol. The lowest BCUT2D eigenvalue weighted by atomic mass is 9.99. The van der Waals surface area contributed by atoms with Gasteiger partial charge in [0.25, 0.3) is 0 Å². The van der Waals surface area contributed by atoms with Gasteiger partial charge >= 0.3 is 12.1 Å². The summed E-state index contributed by atoms with van der Waals surface area (Å²) >= 11 is 0. The van der Waals surface area contributed by atoms with Crippen molar-refractivity contribution in [2.45, 2.75) is 91.3 Å². The summed E-state index contributed by atoms with van der Waals surface area (Å²) in [6.45, 7) is 10.5. The summed E-state index contributed by atoms with van der Waals surface area (Å²) in [6.07, 6.45) is 0.592. The van der Waals surface area contributed by atoms with Crippen LogP contribution in [0, 0.1) is 6.92 Å². The Kier molecular flexibility index (Phi) is 13.9. The molecule has 4 amide bonds. The molecule has 2 atom stereocenters. The van der Waals surface area contributed by atoms with E-state index in [1.165, 1.54) is 17.0 Å². The van der Waals surface area contributed by atoms with Crippen molar-refractivity contribution in [1.82, 2.24) is 15.5 Å². The normalized spacial score (nSPS) is 12.6. The van der Waals surface area contributed by atoms with Crippen LogP contribution >= 0.6 is 0 Å². The third-order valence-corrected chi connectivity index (χ3v) is 5.71. The molecule has 0 spiro atoms. The maximum atomic E-state index is 14.0. The lowest BCUT2D eigenvalue weighted by molar-refractivity contribution is -0.144. The van der Waals surface area contributed by atoms with Crippen molar-refractivity contribution in [3.05, 3.63) is 29.3 Å². The Morgan fingerprint density at radius 2 is 1.77 bits per heavy atom. The number of primary amides is 1. The molecule has 1 aromatic rings. The molecular weight excluding hydrogens is 520 g/mol. The Bertz CT molecular complexity index is 1040. The van der Waals surface area contributed by atoms with E-state index < -0.39 is 53.9 Å². The number of carbonyl (C=O) groups excluding carboxylic acids is 5. The average Bonchev–Trinajstić information content (AvgIpc) is 2.83. The highest BCUT2D eigenvalue weighted by atomic mass is 16.6. The van der Waals surface area contributed by atoms with Gasteiger partial charge in [-0.15, -0.1) is 0 Å². The van der Waals surface area contributed by atoms with Crippen LogP contribution in [0.1, 0.15) is 83.9 Å². The van der Waals surface area contributed by atoms with Gasteiger partial charge in [0.15, 0.2) is 0 Å². The predicted octanol–water partition coefficient (Wildman–Crippen LogP) is 2.60. The van der Waals surface area contributed by atoms with Gasteiger partial charge < -0.3 is 35.8 Å². The van der Waals surface area contributed by atoms with Crippen LogP contribution < -0.4 is 16.4 Å². The van der Waals surface area contributed by atoms with E-state index in [2.05, 4.69) is 10.6 Å². The minimum Gasteiger partial charge on any atom is -0.508 e. The van der Waals surface area contributed by atoms with Crippen LogP contribution in [0.4, 0.5) is 4.79 Å². The first kappa shape index (κ1) is 34.2. The van der Waals surface area contributed by atoms with Crippen molar-refractivity contribution in [1.29, 1.82) is 0 Å². The molecule has 0 saturated carbocycles. The van der Waals surface area contributed by atoms with Gasteiger partial charge in [0.2, 0.25) is 17.7 Å². The molecule has 0 aliphatic carbocycles. The number of hydrogen-bond acceptors (Lipinski definition) is 8. The van der Waals surface area contributed by atoms with E-state index in [4.69, 9.17) is 15.2 Å². The van der Waals surface area contributed by atoms with Crippen LogP contribution in [0.2, 0.25) is 0 Å². The number of carbonyl (C=O) groups is 5. The molecule has 5 N–H and O–H groups in total. The first-order chi connectivity index (χ1) is 18.7. The second-order valence-corrected chi connectivity index (χ2v) is 10.4. The second kappa shape index (κ2) is 16.3. The number of amides is 4. The summed E-state index contributed by atoms with van der Waals surface area (Å²) in [6, 6.07) is 1.90. The number of nitrogens with one attached hydrogen (secondary N) is 2. The molecule has 1 rings (SSSR count). The monoisotopic (exact) mass is 564 g/mol. The number of phenolic OH excluding ortho intramolecular Hbond substituents is 1. The summed E-state index contributed by atoms with van der Waals surface area (Å²) < 4.78 is 10.2. The summed E-state index contributed by atoms with van der Waals surface area (Å²) in [5, 5.41) is 15.2. The number of esters is 1. The number of unbranched alkanes of at least 4 members (excludes halogenated alkanes) is 2. The van der Waals surface area contributed by atoms with Crippen LogP contribution in [-0.2, 0) is 28.7 Å². The molecule has 224 valence electrons. The third-order valence-electron chi connectivity index (χ3n) is 5.71. The first-order valence-electron chi connectivity index (χ1n) is 13.5. The zero-order chi connectivity index (χ0) is 30.5. The molecule has 0 heterocycles. The topological polar surface area (TPSA) is 177 Å². The molecule has 12 nitrogen and oxygen atoms in total. The molecule has 12 heteroatoms. The molecule has 1 aromatic carbocycles. The maximum Gasteiger partial charge on any atom is 0.408 e. The molecule has 2 unspecified atom stereocenters. The molecule has 0 aromatic heterocycles. The number of benzene rings is 1. The van der Waals surface area contributed by atoms with Crippen molar-refractivity contribution >= 4 is 29.8 Å². The largest absolute Gasteiger partial charge is 0.508 e. The quantitative estimate of drug-likeness (QED) is 0.185. The minimum absolute atomic E-state index is 0.00674. The first-order valence-corrected chi connectivity index (χ1v) is 13.5. The van der Waals surface area contributed by atoms with E-state index in [0.29, 0.717) is 17.5 Å². The van der Waals surface area contributed by atoms with Crippen LogP contribution in [0.3, 0.4) is 0 Å². The Labute approximate surface area is 235 Å². The van der Waals surface area contributed by atoms with Gasteiger partial charge in [0.1, 0.15) is 23.4 Å². The van der Waals surface area contributed by atoms with E-state index in [9.17, 15) is 29.1 Å². The standard InChI is InChI=1S/C28H44N4O8/c1-7-9-10-15-32(26(37)20(17-22(29)34)31-27(38)40-28(4,5)6)24(19-11-12-21(33)18(3)16-19)25(36)30-14-13-23(35)39-8-2/h11-12,16,20,24,33H,7-10,13-15,17H2,1-6H3,(H2,29,34)(H,30,36)(H,31,38). The van der Waals surface area contributed by atoms with E-state index in [1.54, 1.807) is 40.7 Å². The molecule has 0 saturated heterocycles. The van der Waals surface area contributed by atoms with Gasteiger partial charge in [-0.05, 0) is 64.3 Å². The molecule has 0 bridgehead atoms. The van der Waals surface area contributed by atoms with Crippen LogP contribution in [-0.4, -0.2) is 71.1 Å². The Hall–Kier alpha value is -3.83. The zero-order valence-electron chi connectivity index (χ0n) is 24.4. The van der Waals surface area contributed by atoms with E-state index in [0.717, 1.165) is 12.8 Å². The lowest BCUT2D eigenvalue weighted by Gasteiger charge is -2.34. The van der Waals surface area contributed by atoms with Crippen molar-refractivity contribution in [2.24, 2.45) is 5.73 Å². The predicted molar refractivity (Wildman–Crippen MR) is 148 cm³/mol. The number of aromatic hydroxyl groups is 1. The highest BCUT2D eigenvalue weighted by Gasteiger charge is 2.37. The van der Waals surface area contributed by atoms with Gasteiger partial charge in [0, 0.05) is 13.1 Å². The van der Waals surface area contributed by atoms with E-state index in [-0.39, 0.29) is 31.9 Å². The Morgan fingerprint density at radius 1 is 1.10 bits per heavy atom. The van der Waals surface area contributed by atoms with Crippen LogP contribution in [0.15, 0.2) is 18.2 Å². The van der Waals surface area contributed by atoms with Gasteiger partial charge in [-0.25, -0.2) is 4.79 Å². The SMILES string of the molecule is CCCCCN(C(=O)C(CC(N)=O)NC(=O)OC(C)(C)C)C(C(=O)NCCC(=O)OCC)c1ccc(O)c(C)c1. The number of alkyl carbamates (subject to hydrolysis) is 1. The summed E-state index contributed by atoms with van der Waals surface area (Å²) in [5.41, 5.74) is 5.41. The molecule has 0 aliphatic rings. The van der Waals surface area contributed by atoms with Crippen LogP contribution in [0.25, 0.3) is 0 Å². The van der Waals surface area contributed by atoms with Gasteiger partial charge in [-0.1, -0.05) is 25.8 Å². The fourth-order valence-corrected chi connectivity index (χ4v) is 3.89. The second-order valence-electron chi connectivity index (χ2n) is 10.4. The minimum atomic E-state index is -1.40. The number of nitrogens with two attached hydrogens (primary N) is 1. The number of hydrogen-bond donors (Lipinski definition) is 4. The highest BCUT2D eigenvalue weighted by molar-refractivity contribution is 5.94. The smallest absolute Gasteiger partial charge is 0.408 e. The fraction of sp³-hybridized carbons (Fsp3) is 0.607. The third kappa shape index (κ3) is 11.9.